The van der Waals surface area contributed by atoms with Crippen LogP contribution >= 0.6 is 11.8 Å². The minimum Gasteiger partial charge on any atom is -0.337 e. The zero-order valence-corrected chi connectivity index (χ0v) is 19.8. The molecular formula is C27H28N4OS. The van der Waals surface area contributed by atoms with Gasteiger partial charge in [-0.25, -0.2) is 0 Å². The predicted octanol–water partition coefficient (Wildman–Crippen LogP) is 5.15. The van der Waals surface area contributed by atoms with Crippen LogP contribution in [0, 0.1) is 6.92 Å². The van der Waals surface area contributed by atoms with Gasteiger partial charge in [-0.15, -0.1) is 10.2 Å². The van der Waals surface area contributed by atoms with Crippen LogP contribution < -0.4 is 0 Å². The minimum absolute atomic E-state index is 0.0974. The molecule has 5 nitrogen and oxygen atoms in total. The van der Waals surface area contributed by atoms with Gasteiger partial charge in [0.25, 0.3) is 0 Å². The molecule has 1 aromatic heterocycles. The first-order valence-electron chi connectivity index (χ1n) is 11.1. The first-order valence-corrected chi connectivity index (χ1v) is 12.0. The SMILES string of the molecule is Cc1ccccc1-c1nnc(SCC(=O)N(CCc2ccccc2)Cc2ccccc2)n1C. The van der Waals surface area contributed by atoms with Gasteiger partial charge in [0.2, 0.25) is 5.91 Å². The van der Waals surface area contributed by atoms with Crippen LogP contribution in [0.4, 0.5) is 0 Å². The van der Waals surface area contributed by atoms with Crippen molar-refractivity contribution in [3.8, 4) is 11.4 Å². The number of hydrogen-bond donors (Lipinski definition) is 0. The summed E-state index contributed by atoms with van der Waals surface area (Å²) in [6, 6.07) is 28.6. The van der Waals surface area contributed by atoms with Crippen molar-refractivity contribution in [2.24, 2.45) is 7.05 Å². The van der Waals surface area contributed by atoms with E-state index in [9.17, 15) is 4.79 Å². The number of aryl methyl sites for hydroxylation is 1. The summed E-state index contributed by atoms with van der Waals surface area (Å²) < 4.78 is 1.96. The summed E-state index contributed by atoms with van der Waals surface area (Å²) in [4.78, 5) is 15.2. The highest BCUT2D eigenvalue weighted by Crippen LogP contribution is 2.25. The first-order chi connectivity index (χ1) is 16.1. The second-order valence-corrected chi connectivity index (χ2v) is 8.95. The Bertz CT molecular complexity index is 1190. The zero-order valence-electron chi connectivity index (χ0n) is 19.0. The van der Waals surface area contributed by atoms with Crippen molar-refractivity contribution in [2.45, 2.75) is 25.0 Å². The van der Waals surface area contributed by atoms with Gasteiger partial charge in [-0.3, -0.25) is 4.79 Å². The van der Waals surface area contributed by atoms with E-state index in [-0.39, 0.29) is 5.91 Å². The van der Waals surface area contributed by atoms with E-state index in [1.165, 1.54) is 17.3 Å². The van der Waals surface area contributed by atoms with Gasteiger partial charge in [-0.2, -0.15) is 0 Å². The molecule has 6 heteroatoms. The number of benzene rings is 3. The standard InChI is InChI=1S/C27H28N4OS/c1-21-11-9-10-16-24(21)26-28-29-27(30(26)2)33-20-25(32)31(19-23-14-7-4-8-15-23)18-17-22-12-5-3-6-13-22/h3-16H,17-20H2,1-2H3. The maximum Gasteiger partial charge on any atom is 0.233 e. The van der Waals surface area contributed by atoms with Crippen molar-refractivity contribution in [3.63, 3.8) is 0 Å². The molecule has 1 amide bonds. The van der Waals surface area contributed by atoms with Crippen LogP contribution in [0.3, 0.4) is 0 Å². The molecule has 0 unspecified atom stereocenters. The molecule has 33 heavy (non-hydrogen) atoms. The topological polar surface area (TPSA) is 51.0 Å². The highest BCUT2D eigenvalue weighted by molar-refractivity contribution is 7.99. The van der Waals surface area contributed by atoms with Crippen LogP contribution in [0.5, 0.6) is 0 Å². The fourth-order valence-electron chi connectivity index (χ4n) is 3.72. The summed E-state index contributed by atoms with van der Waals surface area (Å²) in [6.07, 6.45) is 0.825. The second kappa shape index (κ2) is 11.0. The van der Waals surface area contributed by atoms with E-state index in [1.807, 2.05) is 71.1 Å². The third kappa shape index (κ3) is 5.90. The lowest BCUT2D eigenvalue weighted by atomic mass is 10.1. The van der Waals surface area contributed by atoms with Crippen LogP contribution in [0.2, 0.25) is 0 Å². The monoisotopic (exact) mass is 456 g/mol. The molecule has 0 aliphatic rings. The Morgan fingerprint density at radius 3 is 2.21 bits per heavy atom. The predicted molar refractivity (Wildman–Crippen MR) is 134 cm³/mol. The van der Waals surface area contributed by atoms with Gasteiger partial charge in [0.15, 0.2) is 11.0 Å². The number of carbonyl (C=O) groups excluding carboxylic acids is 1. The van der Waals surface area contributed by atoms with E-state index in [4.69, 9.17) is 0 Å². The second-order valence-electron chi connectivity index (χ2n) is 8.01. The van der Waals surface area contributed by atoms with E-state index < -0.39 is 0 Å². The van der Waals surface area contributed by atoms with Crippen molar-refractivity contribution < 1.29 is 4.79 Å². The van der Waals surface area contributed by atoms with Crippen molar-refractivity contribution in [1.82, 2.24) is 19.7 Å². The van der Waals surface area contributed by atoms with Crippen molar-refractivity contribution in [1.29, 1.82) is 0 Å². The normalized spacial score (nSPS) is 10.8. The highest BCUT2D eigenvalue weighted by Gasteiger charge is 2.18. The smallest absolute Gasteiger partial charge is 0.233 e. The van der Waals surface area contributed by atoms with Crippen molar-refractivity contribution in [3.05, 3.63) is 102 Å². The zero-order chi connectivity index (χ0) is 23.0. The summed E-state index contributed by atoms with van der Waals surface area (Å²) in [5, 5.41) is 9.47. The molecule has 0 aliphatic carbocycles. The Morgan fingerprint density at radius 1 is 0.879 bits per heavy atom. The van der Waals surface area contributed by atoms with Gasteiger partial charge in [0.05, 0.1) is 5.75 Å². The van der Waals surface area contributed by atoms with Crippen LogP contribution in [-0.2, 0) is 24.8 Å². The number of carbonyl (C=O) groups is 1. The van der Waals surface area contributed by atoms with Crippen LogP contribution in [0.25, 0.3) is 11.4 Å². The molecule has 4 aromatic rings. The molecular weight excluding hydrogens is 428 g/mol. The average Bonchev–Trinajstić information content (AvgIpc) is 3.21. The number of aromatic nitrogens is 3. The summed E-state index contributed by atoms with van der Waals surface area (Å²) >= 11 is 1.44. The average molecular weight is 457 g/mol. The Balaban J connectivity index is 1.44. The lowest BCUT2D eigenvalue weighted by Crippen LogP contribution is -2.34. The molecule has 0 aliphatic heterocycles. The maximum absolute atomic E-state index is 13.2. The fourth-order valence-corrected chi connectivity index (χ4v) is 4.53. The molecule has 168 valence electrons. The fraction of sp³-hybridized carbons (Fsp3) is 0.222. The molecule has 0 N–H and O–H groups in total. The molecule has 1 heterocycles. The quantitative estimate of drug-likeness (QED) is 0.327. The Labute approximate surface area is 199 Å². The molecule has 0 bridgehead atoms. The van der Waals surface area contributed by atoms with Crippen LogP contribution in [-0.4, -0.2) is 37.9 Å². The van der Waals surface area contributed by atoms with Gasteiger partial charge >= 0.3 is 0 Å². The Morgan fingerprint density at radius 2 is 1.52 bits per heavy atom. The van der Waals surface area contributed by atoms with Gasteiger partial charge < -0.3 is 9.47 Å². The van der Waals surface area contributed by atoms with E-state index in [1.54, 1.807) is 0 Å². The van der Waals surface area contributed by atoms with Crippen molar-refractivity contribution in [2.75, 3.05) is 12.3 Å². The number of hydrogen-bond acceptors (Lipinski definition) is 4. The number of amides is 1. The van der Waals surface area contributed by atoms with Crippen LogP contribution in [0.15, 0.2) is 90.1 Å². The minimum atomic E-state index is 0.0974. The van der Waals surface area contributed by atoms with E-state index in [0.717, 1.165) is 34.1 Å². The van der Waals surface area contributed by atoms with Gasteiger partial charge in [0, 0.05) is 25.7 Å². The molecule has 0 fully saturated rings. The molecule has 0 atom stereocenters. The number of thioether (sulfide) groups is 1. The van der Waals surface area contributed by atoms with Crippen molar-refractivity contribution >= 4 is 17.7 Å². The van der Waals surface area contributed by atoms with E-state index in [0.29, 0.717) is 18.8 Å². The number of nitrogens with zero attached hydrogens (tertiary/aromatic N) is 4. The third-order valence-corrected chi connectivity index (χ3v) is 6.63. The molecule has 0 spiro atoms. The van der Waals surface area contributed by atoms with E-state index in [2.05, 4.69) is 47.5 Å². The molecule has 0 saturated heterocycles. The molecule has 0 saturated carbocycles. The third-order valence-electron chi connectivity index (χ3n) is 5.63. The van der Waals surface area contributed by atoms with Gasteiger partial charge in [0.1, 0.15) is 0 Å². The Kier molecular flexibility index (Phi) is 7.58. The largest absolute Gasteiger partial charge is 0.337 e. The lowest BCUT2D eigenvalue weighted by Gasteiger charge is -2.23. The number of rotatable bonds is 9. The molecule has 3 aromatic carbocycles. The van der Waals surface area contributed by atoms with Gasteiger partial charge in [-0.05, 0) is 30.0 Å². The van der Waals surface area contributed by atoms with Gasteiger partial charge in [-0.1, -0.05) is 96.7 Å². The molecule has 4 rings (SSSR count). The summed E-state index contributed by atoms with van der Waals surface area (Å²) in [5.41, 5.74) is 4.56. The lowest BCUT2D eigenvalue weighted by molar-refractivity contribution is -0.128. The first kappa shape index (κ1) is 22.8. The Hall–Kier alpha value is -3.38. The summed E-state index contributed by atoms with van der Waals surface area (Å²) in [7, 11) is 1.95. The maximum atomic E-state index is 13.2. The van der Waals surface area contributed by atoms with E-state index >= 15 is 0 Å². The summed E-state index contributed by atoms with van der Waals surface area (Å²) in [6.45, 7) is 3.33. The van der Waals surface area contributed by atoms with Crippen LogP contribution in [0.1, 0.15) is 16.7 Å². The highest BCUT2D eigenvalue weighted by atomic mass is 32.2. The molecule has 0 radical (unpaired) electrons. The summed E-state index contributed by atoms with van der Waals surface area (Å²) in [5.74, 6) is 1.23.